The Morgan fingerprint density at radius 2 is 1.71 bits per heavy atom. The standard InChI is InChI=1S/C26H30FN5O2/c1-17(2)18-9-11-20(12-10-18)25(19-7-5-4-6-8-19)29-26(34)22-13-21(27)15-32(22)24(33)14-23-30-28-16-31(23)3/h4-12,16-17,21-22,25H,13-15H2,1-3H3,(H,29,34)/t21-,22+,25+/m1/s1. The number of amides is 2. The van der Waals surface area contributed by atoms with Crippen molar-refractivity contribution in [2.45, 2.75) is 50.9 Å². The summed E-state index contributed by atoms with van der Waals surface area (Å²) < 4.78 is 16.0. The van der Waals surface area contributed by atoms with Crippen molar-refractivity contribution in [2.24, 2.45) is 7.05 Å². The van der Waals surface area contributed by atoms with E-state index in [2.05, 4.69) is 41.5 Å². The number of benzene rings is 2. The second-order valence-electron chi connectivity index (χ2n) is 9.10. The molecule has 1 aliphatic rings. The van der Waals surface area contributed by atoms with Crippen LogP contribution in [0.25, 0.3) is 0 Å². The predicted molar refractivity (Wildman–Crippen MR) is 127 cm³/mol. The number of rotatable bonds is 7. The van der Waals surface area contributed by atoms with Gasteiger partial charge in [0, 0.05) is 13.5 Å². The molecule has 1 fully saturated rings. The number of hydrogen-bond acceptors (Lipinski definition) is 4. The molecule has 7 nitrogen and oxygen atoms in total. The van der Waals surface area contributed by atoms with Gasteiger partial charge in [-0.1, -0.05) is 68.4 Å². The largest absolute Gasteiger partial charge is 0.343 e. The smallest absolute Gasteiger partial charge is 0.243 e. The van der Waals surface area contributed by atoms with Gasteiger partial charge >= 0.3 is 0 Å². The van der Waals surface area contributed by atoms with Crippen molar-refractivity contribution in [3.05, 3.63) is 83.4 Å². The van der Waals surface area contributed by atoms with Crippen LogP contribution in [-0.2, 0) is 23.1 Å². The minimum Gasteiger partial charge on any atom is -0.343 e. The second-order valence-corrected chi connectivity index (χ2v) is 9.10. The first-order valence-electron chi connectivity index (χ1n) is 11.5. The Balaban J connectivity index is 1.56. The van der Waals surface area contributed by atoms with E-state index in [1.54, 1.807) is 11.6 Å². The Morgan fingerprint density at radius 1 is 1.06 bits per heavy atom. The first kappa shape index (κ1) is 23.6. The number of carbonyl (C=O) groups is 2. The molecule has 0 bridgehead atoms. The Hall–Kier alpha value is -3.55. The van der Waals surface area contributed by atoms with E-state index in [0.29, 0.717) is 11.7 Å². The summed E-state index contributed by atoms with van der Waals surface area (Å²) >= 11 is 0. The van der Waals surface area contributed by atoms with Gasteiger partial charge in [0.2, 0.25) is 11.8 Å². The summed E-state index contributed by atoms with van der Waals surface area (Å²) in [6, 6.07) is 16.5. The fourth-order valence-electron chi connectivity index (χ4n) is 4.33. The molecular weight excluding hydrogens is 433 g/mol. The van der Waals surface area contributed by atoms with Crippen molar-refractivity contribution in [3.63, 3.8) is 0 Å². The minimum absolute atomic E-state index is 0.0236. The van der Waals surface area contributed by atoms with Gasteiger partial charge in [-0.15, -0.1) is 10.2 Å². The van der Waals surface area contributed by atoms with Gasteiger partial charge in [-0.05, 0) is 22.6 Å². The number of hydrogen-bond donors (Lipinski definition) is 1. The summed E-state index contributed by atoms with van der Waals surface area (Å²) in [7, 11) is 1.74. The molecule has 0 unspecified atom stereocenters. The molecule has 178 valence electrons. The molecule has 0 radical (unpaired) electrons. The number of carbonyl (C=O) groups excluding carboxylic acids is 2. The van der Waals surface area contributed by atoms with Crippen LogP contribution in [0.5, 0.6) is 0 Å². The van der Waals surface area contributed by atoms with Gasteiger partial charge in [0.15, 0.2) is 0 Å². The third-order valence-corrected chi connectivity index (χ3v) is 6.34. The van der Waals surface area contributed by atoms with Crippen molar-refractivity contribution in [2.75, 3.05) is 6.54 Å². The number of aryl methyl sites for hydroxylation is 1. The summed E-state index contributed by atoms with van der Waals surface area (Å²) in [5.74, 6) is 0.161. The van der Waals surface area contributed by atoms with E-state index in [9.17, 15) is 14.0 Å². The molecule has 3 aromatic rings. The molecule has 8 heteroatoms. The highest BCUT2D eigenvalue weighted by Gasteiger charge is 2.40. The SMILES string of the molecule is CC(C)c1ccc([C@@H](NC(=O)[C@@H]2C[C@@H](F)CN2C(=O)Cc2nncn2C)c2ccccc2)cc1. The molecule has 1 aromatic heterocycles. The number of halogens is 1. The maximum Gasteiger partial charge on any atom is 0.243 e. The number of alkyl halides is 1. The molecule has 0 saturated carbocycles. The fourth-order valence-corrected chi connectivity index (χ4v) is 4.33. The highest BCUT2D eigenvalue weighted by atomic mass is 19.1. The molecule has 2 aromatic carbocycles. The molecular formula is C26H30FN5O2. The zero-order valence-electron chi connectivity index (χ0n) is 19.7. The van der Waals surface area contributed by atoms with E-state index in [1.807, 2.05) is 42.5 Å². The molecule has 4 rings (SSSR count). The van der Waals surface area contributed by atoms with Gasteiger partial charge in [-0.2, -0.15) is 0 Å². The Kier molecular flexibility index (Phi) is 7.05. The summed E-state index contributed by atoms with van der Waals surface area (Å²) in [4.78, 5) is 27.7. The summed E-state index contributed by atoms with van der Waals surface area (Å²) in [6.45, 7) is 4.16. The average molecular weight is 464 g/mol. The van der Waals surface area contributed by atoms with Crippen LogP contribution in [0, 0.1) is 0 Å². The van der Waals surface area contributed by atoms with Crippen molar-refractivity contribution in [1.29, 1.82) is 0 Å². The Labute approximate surface area is 199 Å². The third kappa shape index (κ3) is 5.16. The number of nitrogens with one attached hydrogen (secondary N) is 1. The highest BCUT2D eigenvalue weighted by molar-refractivity contribution is 5.89. The normalized spacial score (nSPS) is 18.8. The summed E-state index contributed by atoms with van der Waals surface area (Å²) in [6.07, 6.45) is 0.194. The van der Waals surface area contributed by atoms with Gasteiger partial charge in [0.05, 0.1) is 19.0 Å². The maximum absolute atomic E-state index is 14.4. The van der Waals surface area contributed by atoms with Crippen LogP contribution < -0.4 is 5.32 Å². The summed E-state index contributed by atoms with van der Waals surface area (Å²) in [5.41, 5.74) is 3.05. The first-order chi connectivity index (χ1) is 16.3. The molecule has 1 aliphatic heterocycles. The average Bonchev–Trinajstić information content (AvgIpc) is 3.43. The van der Waals surface area contributed by atoms with Gasteiger partial charge in [-0.3, -0.25) is 9.59 Å². The Morgan fingerprint density at radius 3 is 2.32 bits per heavy atom. The number of aromatic nitrogens is 3. The van der Waals surface area contributed by atoms with E-state index in [1.165, 1.54) is 16.8 Å². The lowest BCUT2D eigenvalue weighted by Crippen LogP contribution is -2.47. The zero-order valence-corrected chi connectivity index (χ0v) is 19.7. The topological polar surface area (TPSA) is 80.1 Å². The van der Waals surface area contributed by atoms with Crippen molar-refractivity contribution in [1.82, 2.24) is 25.0 Å². The van der Waals surface area contributed by atoms with E-state index >= 15 is 0 Å². The monoisotopic (exact) mass is 463 g/mol. The van der Waals surface area contributed by atoms with E-state index < -0.39 is 18.3 Å². The van der Waals surface area contributed by atoms with E-state index in [-0.39, 0.29) is 31.2 Å². The molecule has 2 heterocycles. The predicted octanol–water partition coefficient (Wildman–Crippen LogP) is 3.33. The number of nitrogens with zero attached hydrogens (tertiary/aromatic N) is 4. The minimum atomic E-state index is -1.25. The quantitative estimate of drug-likeness (QED) is 0.583. The van der Waals surface area contributed by atoms with Gasteiger partial charge in [0.25, 0.3) is 0 Å². The van der Waals surface area contributed by atoms with Crippen LogP contribution >= 0.6 is 0 Å². The summed E-state index contributed by atoms with van der Waals surface area (Å²) in [5, 5.41) is 10.8. The number of likely N-dealkylation sites (tertiary alicyclic amines) is 1. The third-order valence-electron chi connectivity index (χ3n) is 6.34. The van der Waals surface area contributed by atoms with Crippen LogP contribution in [0.2, 0.25) is 0 Å². The molecule has 0 aliphatic carbocycles. The van der Waals surface area contributed by atoms with Gasteiger partial charge in [0.1, 0.15) is 24.4 Å². The maximum atomic E-state index is 14.4. The van der Waals surface area contributed by atoms with Gasteiger partial charge < -0.3 is 14.8 Å². The molecule has 1 saturated heterocycles. The highest BCUT2D eigenvalue weighted by Crippen LogP contribution is 2.27. The first-order valence-corrected chi connectivity index (χ1v) is 11.5. The van der Waals surface area contributed by atoms with Gasteiger partial charge in [-0.25, -0.2) is 4.39 Å². The van der Waals surface area contributed by atoms with Crippen molar-refractivity contribution < 1.29 is 14.0 Å². The van der Waals surface area contributed by atoms with Crippen molar-refractivity contribution in [3.8, 4) is 0 Å². The van der Waals surface area contributed by atoms with Crippen molar-refractivity contribution >= 4 is 11.8 Å². The molecule has 2 amide bonds. The lowest BCUT2D eigenvalue weighted by Gasteiger charge is -2.27. The van der Waals surface area contributed by atoms with Crippen LogP contribution in [0.15, 0.2) is 60.9 Å². The molecule has 3 atom stereocenters. The van der Waals surface area contributed by atoms with E-state index in [4.69, 9.17) is 0 Å². The zero-order chi connectivity index (χ0) is 24.2. The molecule has 34 heavy (non-hydrogen) atoms. The lowest BCUT2D eigenvalue weighted by molar-refractivity contribution is -0.138. The fraction of sp³-hybridized carbons (Fsp3) is 0.385. The lowest BCUT2D eigenvalue weighted by atomic mass is 9.95. The Bertz CT molecular complexity index is 1130. The van der Waals surface area contributed by atoms with E-state index in [0.717, 1.165) is 11.1 Å². The van der Waals surface area contributed by atoms with Crippen LogP contribution in [0.1, 0.15) is 54.7 Å². The van der Waals surface area contributed by atoms with Crippen LogP contribution in [-0.4, -0.2) is 50.2 Å². The molecule has 0 spiro atoms. The molecule has 1 N–H and O–H groups in total. The second kappa shape index (κ2) is 10.2. The van der Waals surface area contributed by atoms with Crippen LogP contribution in [0.4, 0.5) is 4.39 Å². The van der Waals surface area contributed by atoms with Crippen LogP contribution in [0.3, 0.4) is 0 Å².